The Morgan fingerprint density at radius 3 is 2.66 bits per heavy atom. The molecule has 0 bridgehead atoms. The van der Waals surface area contributed by atoms with Gasteiger partial charge in [0.25, 0.3) is 0 Å². The van der Waals surface area contributed by atoms with Gasteiger partial charge in [-0.2, -0.15) is 9.61 Å². The Bertz CT molecular complexity index is 1340. The predicted molar refractivity (Wildman–Crippen MR) is 144 cm³/mol. The van der Waals surface area contributed by atoms with E-state index in [0.29, 0.717) is 41.6 Å². The minimum atomic E-state index is -0.678. The minimum absolute atomic E-state index is 0.0783. The monoisotopic (exact) mass is 520 g/mol. The Kier molecular flexibility index (Phi) is 7.09. The Morgan fingerprint density at radius 1 is 1.21 bits per heavy atom. The van der Waals surface area contributed by atoms with E-state index in [1.165, 1.54) is 28.5 Å². The molecule has 1 unspecified atom stereocenters. The van der Waals surface area contributed by atoms with Gasteiger partial charge in [0.15, 0.2) is 11.4 Å². The van der Waals surface area contributed by atoms with Crippen LogP contribution in [0.4, 0.5) is 22.1 Å². The number of ketones is 1. The summed E-state index contributed by atoms with van der Waals surface area (Å²) in [5, 5.41) is 17.7. The minimum Gasteiger partial charge on any atom is -0.443 e. The Labute approximate surface area is 222 Å². The van der Waals surface area contributed by atoms with Crippen molar-refractivity contribution in [1.82, 2.24) is 19.6 Å². The molecule has 2 saturated carbocycles. The Morgan fingerprint density at radius 2 is 1.97 bits per heavy atom. The molecule has 2 fully saturated rings. The summed E-state index contributed by atoms with van der Waals surface area (Å²) in [7, 11) is 1.61. The van der Waals surface area contributed by atoms with Crippen LogP contribution in [0, 0.1) is 11.8 Å². The van der Waals surface area contributed by atoms with Crippen molar-refractivity contribution in [1.29, 1.82) is 0 Å². The predicted octanol–water partition coefficient (Wildman–Crippen LogP) is 4.93. The average Bonchev–Trinajstić information content (AvgIpc) is 3.41. The summed E-state index contributed by atoms with van der Waals surface area (Å²) in [5.41, 5.74) is 1.87. The zero-order valence-electron chi connectivity index (χ0n) is 22.5. The third-order valence-corrected chi connectivity index (χ3v) is 7.08. The van der Waals surface area contributed by atoms with Crippen molar-refractivity contribution in [2.45, 2.75) is 77.4 Å². The summed E-state index contributed by atoms with van der Waals surface area (Å²) >= 11 is 0. The van der Waals surface area contributed by atoms with E-state index in [2.05, 4.69) is 15.4 Å². The highest BCUT2D eigenvalue weighted by Gasteiger charge is 2.29. The van der Waals surface area contributed by atoms with E-state index >= 15 is 0 Å². The first kappa shape index (κ1) is 26.1. The maximum atomic E-state index is 13.3. The number of aromatic nitrogens is 4. The second kappa shape index (κ2) is 10.3. The van der Waals surface area contributed by atoms with Crippen molar-refractivity contribution in [3.8, 4) is 0 Å². The molecule has 0 aliphatic heterocycles. The van der Waals surface area contributed by atoms with Crippen LogP contribution >= 0.6 is 0 Å². The maximum Gasteiger partial charge on any atom is 0.415 e. The van der Waals surface area contributed by atoms with Crippen molar-refractivity contribution in [2.24, 2.45) is 11.8 Å². The van der Waals surface area contributed by atoms with Crippen LogP contribution in [-0.4, -0.2) is 55.3 Å². The van der Waals surface area contributed by atoms with E-state index in [0.717, 1.165) is 30.6 Å². The first-order valence-electron chi connectivity index (χ1n) is 13.3. The first-order chi connectivity index (χ1) is 18.1. The summed E-state index contributed by atoms with van der Waals surface area (Å²) in [6, 6.07) is 5.55. The molecule has 1 amide bonds. The number of nitrogens with one attached hydrogen (secondary N) is 1. The summed E-state index contributed by atoms with van der Waals surface area (Å²) in [4.78, 5) is 37.0. The molecular weight excluding hydrogens is 484 g/mol. The molecule has 0 aromatic carbocycles. The van der Waals surface area contributed by atoms with Gasteiger partial charge in [-0.15, -0.1) is 0 Å². The molecule has 3 aromatic heterocycles. The first-order valence-corrected chi connectivity index (χ1v) is 13.3. The number of carbonyl (C=O) groups is 2. The lowest BCUT2D eigenvalue weighted by atomic mass is 9.98. The van der Waals surface area contributed by atoms with Gasteiger partial charge in [-0.3, -0.25) is 14.7 Å². The van der Waals surface area contributed by atoms with Crippen molar-refractivity contribution < 1.29 is 19.4 Å². The lowest BCUT2D eigenvalue weighted by Gasteiger charge is -2.25. The van der Waals surface area contributed by atoms with E-state index < -0.39 is 11.7 Å². The number of ether oxygens (including phenoxy) is 1. The van der Waals surface area contributed by atoms with Crippen LogP contribution in [-0.2, 0) is 11.2 Å². The second-order valence-corrected chi connectivity index (χ2v) is 11.6. The molecule has 2 aliphatic carbocycles. The van der Waals surface area contributed by atoms with Gasteiger partial charge in [-0.05, 0) is 83.3 Å². The van der Waals surface area contributed by atoms with Crippen molar-refractivity contribution in [3.05, 3.63) is 41.9 Å². The van der Waals surface area contributed by atoms with Gasteiger partial charge in [0.1, 0.15) is 17.2 Å². The highest BCUT2D eigenvalue weighted by atomic mass is 16.6. The van der Waals surface area contributed by atoms with Crippen LogP contribution < -0.4 is 10.2 Å². The maximum absolute atomic E-state index is 13.3. The molecule has 2 aliphatic rings. The molecular formula is C28H36N6O4. The normalized spacial score (nSPS) is 19.5. The number of carbonyl (C=O) groups excluding carboxylic acids is 2. The van der Waals surface area contributed by atoms with Crippen LogP contribution in [0.3, 0.4) is 0 Å². The molecule has 3 heterocycles. The fourth-order valence-electron chi connectivity index (χ4n) is 4.92. The molecule has 38 heavy (non-hydrogen) atoms. The molecule has 2 atom stereocenters. The molecule has 0 radical (unpaired) electrons. The van der Waals surface area contributed by atoms with E-state index in [1.807, 2.05) is 32.9 Å². The summed E-state index contributed by atoms with van der Waals surface area (Å²) < 4.78 is 7.09. The second-order valence-electron chi connectivity index (χ2n) is 11.6. The third kappa shape index (κ3) is 5.96. The quantitative estimate of drug-likeness (QED) is 0.401. The number of fused-ring (bicyclic) bond motifs is 1. The number of anilines is 3. The van der Waals surface area contributed by atoms with Gasteiger partial charge in [-0.25, -0.2) is 9.78 Å². The zero-order valence-corrected chi connectivity index (χ0v) is 22.5. The molecule has 0 spiro atoms. The molecule has 10 nitrogen and oxygen atoms in total. The van der Waals surface area contributed by atoms with Gasteiger partial charge in [-0.1, -0.05) is 0 Å². The Hall–Kier alpha value is -3.53. The molecule has 2 N–H and O–H groups in total. The number of amides is 1. The smallest absolute Gasteiger partial charge is 0.415 e. The summed E-state index contributed by atoms with van der Waals surface area (Å²) in [5.74, 6) is 1.60. The van der Waals surface area contributed by atoms with Crippen LogP contribution in [0.25, 0.3) is 5.65 Å². The lowest BCUT2D eigenvalue weighted by Crippen LogP contribution is -2.35. The SMILES string of the molecule is CN(C(=O)OC(C)(C)C)c1cc(Nc2cccnc2CC2CC2)nc2c(C(=O)CC3CC[C@H](O)C3)cnn12. The van der Waals surface area contributed by atoms with Gasteiger partial charge in [0.05, 0.1) is 29.2 Å². The molecule has 5 rings (SSSR count). The Balaban J connectivity index is 1.52. The fourth-order valence-corrected chi connectivity index (χ4v) is 4.92. The van der Waals surface area contributed by atoms with Crippen molar-refractivity contribution in [2.75, 3.05) is 17.3 Å². The van der Waals surface area contributed by atoms with E-state index in [4.69, 9.17) is 9.72 Å². The van der Waals surface area contributed by atoms with Gasteiger partial charge in [0.2, 0.25) is 0 Å². The number of pyridine rings is 1. The standard InChI is InChI=1S/C28H36N6O4/c1-28(2,3)38-27(37)33(4)25-15-24(31-21-6-5-11-29-22(21)13-17-7-8-17)32-26-20(16-30-34(25)26)23(36)14-18-9-10-19(35)12-18/h5-6,11,15-19,35H,7-10,12-14H2,1-4H3,(H,31,32)/t18?,19-/m0/s1. The fraction of sp³-hybridized carbons (Fsp3) is 0.536. The largest absolute Gasteiger partial charge is 0.443 e. The van der Waals surface area contributed by atoms with Gasteiger partial charge >= 0.3 is 6.09 Å². The summed E-state index contributed by atoms with van der Waals surface area (Å²) in [6.07, 6.45) is 8.21. The van der Waals surface area contributed by atoms with E-state index in [-0.39, 0.29) is 17.8 Å². The number of Topliss-reactive ketones (excluding diaryl/α,β-unsaturated/α-hetero) is 1. The van der Waals surface area contributed by atoms with Crippen LogP contribution in [0.2, 0.25) is 0 Å². The van der Waals surface area contributed by atoms with Gasteiger partial charge < -0.3 is 15.2 Å². The van der Waals surface area contributed by atoms with Crippen LogP contribution in [0.5, 0.6) is 0 Å². The van der Waals surface area contributed by atoms with Gasteiger partial charge in [0, 0.05) is 25.7 Å². The number of aliphatic hydroxyl groups is 1. The molecule has 202 valence electrons. The highest BCUT2D eigenvalue weighted by molar-refractivity contribution is 6.02. The lowest BCUT2D eigenvalue weighted by molar-refractivity contribution is 0.0587. The number of rotatable bonds is 8. The third-order valence-electron chi connectivity index (χ3n) is 7.08. The summed E-state index contributed by atoms with van der Waals surface area (Å²) in [6.45, 7) is 5.42. The van der Waals surface area contributed by atoms with Crippen LogP contribution in [0.1, 0.15) is 75.3 Å². The highest BCUT2D eigenvalue weighted by Crippen LogP contribution is 2.35. The van der Waals surface area contributed by atoms with Crippen molar-refractivity contribution in [3.63, 3.8) is 0 Å². The van der Waals surface area contributed by atoms with Crippen molar-refractivity contribution >= 4 is 34.8 Å². The molecule has 3 aromatic rings. The molecule has 0 saturated heterocycles. The molecule has 10 heteroatoms. The zero-order chi connectivity index (χ0) is 27.0. The number of aliphatic hydroxyl groups excluding tert-OH is 1. The van der Waals surface area contributed by atoms with E-state index in [9.17, 15) is 14.7 Å². The van der Waals surface area contributed by atoms with Crippen LogP contribution in [0.15, 0.2) is 30.6 Å². The number of nitrogens with zero attached hydrogens (tertiary/aromatic N) is 5. The topological polar surface area (TPSA) is 122 Å². The number of hydrogen-bond acceptors (Lipinski definition) is 8. The number of hydrogen-bond donors (Lipinski definition) is 2. The average molecular weight is 521 g/mol. The van der Waals surface area contributed by atoms with E-state index in [1.54, 1.807) is 19.3 Å².